The molecule has 0 aliphatic carbocycles. The van der Waals surface area contributed by atoms with Crippen molar-refractivity contribution >= 4 is 15.9 Å². The highest BCUT2D eigenvalue weighted by molar-refractivity contribution is 9.09. The molecule has 0 heterocycles. The second-order valence-corrected chi connectivity index (χ2v) is 5.10. The van der Waals surface area contributed by atoms with Crippen molar-refractivity contribution in [3.05, 3.63) is 59.7 Å². The molecule has 17 heavy (non-hydrogen) atoms. The van der Waals surface area contributed by atoms with Gasteiger partial charge in [0.05, 0.1) is 0 Å². The summed E-state index contributed by atoms with van der Waals surface area (Å²) >= 11 is 3.48. The Bertz CT molecular complexity index is 474. The monoisotopic (exact) mass is 288 g/mol. The Morgan fingerprint density at radius 1 is 1.00 bits per heavy atom. The molecule has 0 aliphatic heterocycles. The first-order chi connectivity index (χ1) is 8.31. The number of benzene rings is 2. The summed E-state index contributed by atoms with van der Waals surface area (Å²) in [6.07, 6.45) is 2.35. The topological polar surface area (TPSA) is 0 Å². The third-order valence-corrected chi connectivity index (χ3v) is 3.54. The molecule has 0 amide bonds. The Morgan fingerprint density at radius 3 is 2.41 bits per heavy atom. The van der Waals surface area contributed by atoms with Crippen molar-refractivity contribution in [1.82, 2.24) is 0 Å². The van der Waals surface area contributed by atoms with E-state index in [4.69, 9.17) is 0 Å². The molecule has 1 heteroatoms. The first-order valence-corrected chi connectivity index (χ1v) is 7.14. The number of alkyl halides is 1. The molecule has 0 spiro atoms. The van der Waals surface area contributed by atoms with Crippen LogP contribution in [0.15, 0.2) is 48.5 Å². The molecule has 0 bridgehead atoms. The van der Waals surface area contributed by atoms with Gasteiger partial charge in [0.25, 0.3) is 0 Å². The zero-order chi connectivity index (χ0) is 12.1. The van der Waals surface area contributed by atoms with Crippen LogP contribution in [0.2, 0.25) is 0 Å². The average molecular weight is 289 g/mol. The summed E-state index contributed by atoms with van der Waals surface area (Å²) in [5.74, 6) is 0. The van der Waals surface area contributed by atoms with Crippen molar-refractivity contribution in [3.8, 4) is 11.1 Å². The Hall–Kier alpha value is -1.08. The van der Waals surface area contributed by atoms with Gasteiger partial charge in [0.1, 0.15) is 0 Å². The van der Waals surface area contributed by atoms with Crippen molar-refractivity contribution in [2.45, 2.75) is 19.8 Å². The lowest BCUT2D eigenvalue weighted by Gasteiger charge is -2.08. The molecule has 0 aliphatic rings. The lowest BCUT2D eigenvalue weighted by Crippen LogP contribution is -1.89. The lowest BCUT2D eigenvalue weighted by molar-refractivity contribution is 0.938. The molecule has 0 aromatic heterocycles. The second-order valence-electron chi connectivity index (χ2n) is 4.31. The summed E-state index contributed by atoms with van der Waals surface area (Å²) in [6.45, 7) is 2.19. The van der Waals surface area contributed by atoms with Gasteiger partial charge in [-0.1, -0.05) is 64.5 Å². The quantitative estimate of drug-likeness (QED) is 0.696. The molecule has 2 aromatic carbocycles. The first kappa shape index (κ1) is 12.4. The molecule has 2 rings (SSSR count). The lowest BCUT2D eigenvalue weighted by atomic mass is 9.97. The maximum absolute atomic E-state index is 3.48. The second kappa shape index (κ2) is 6.02. The van der Waals surface area contributed by atoms with E-state index >= 15 is 0 Å². The van der Waals surface area contributed by atoms with E-state index in [0.29, 0.717) is 0 Å². The predicted octanol–water partition coefficient (Wildman–Crippen LogP) is 4.99. The number of halogens is 1. The molecule has 88 valence electrons. The first-order valence-electron chi connectivity index (χ1n) is 6.02. The Balaban J connectivity index is 2.26. The van der Waals surface area contributed by atoms with Crippen LogP contribution >= 0.6 is 15.9 Å². The van der Waals surface area contributed by atoms with E-state index in [1.165, 1.54) is 28.7 Å². The Morgan fingerprint density at radius 2 is 1.76 bits per heavy atom. The van der Waals surface area contributed by atoms with E-state index in [0.717, 1.165) is 11.8 Å². The highest BCUT2D eigenvalue weighted by atomic mass is 79.9. The summed E-state index contributed by atoms with van der Waals surface area (Å²) in [6, 6.07) is 17.4. The minimum absolute atomic E-state index is 1.08. The SMILES string of the molecule is Cc1cc(CCCBr)ccc1-c1ccccc1. The van der Waals surface area contributed by atoms with Gasteiger partial charge in [-0.25, -0.2) is 0 Å². The van der Waals surface area contributed by atoms with Crippen LogP contribution in [0.5, 0.6) is 0 Å². The minimum atomic E-state index is 1.08. The third kappa shape index (κ3) is 3.19. The molecule has 0 nitrogen and oxygen atoms in total. The molecular formula is C16H17Br. The van der Waals surface area contributed by atoms with Crippen molar-refractivity contribution < 1.29 is 0 Å². The van der Waals surface area contributed by atoms with E-state index in [1.54, 1.807) is 0 Å². The van der Waals surface area contributed by atoms with E-state index < -0.39 is 0 Å². The summed E-state index contributed by atoms with van der Waals surface area (Å²) < 4.78 is 0. The van der Waals surface area contributed by atoms with Crippen LogP contribution in [0, 0.1) is 6.92 Å². The molecule has 0 saturated heterocycles. The number of aryl methyl sites for hydroxylation is 2. The van der Waals surface area contributed by atoms with Gasteiger partial charge in [-0.3, -0.25) is 0 Å². The molecule has 0 saturated carbocycles. The van der Waals surface area contributed by atoms with Crippen LogP contribution in [-0.2, 0) is 6.42 Å². The van der Waals surface area contributed by atoms with Gasteiger partial charge in [0.15, 0.2) is 0 Å². The molecule has 0 radical (unpaired) electrons. The number of rotatable bonds is 4. The highest BCUT2D eigenvalue weighted by Gasteiger charge is 2.02. The number of hydrogen-bond donors (Lipinski definition) is 0. The summed E-state index contributed by atoms with van der Waals surface area (Å²) in [7, 11) is 0. The fourth-order valence-electron chi connectivity index (χ4n) is 2.09. The van der Waals surface area contributed by atoms with E-state index in [9.17, 15) is 0 Å². The third-order valence-electron chi connectivity index (χ3n) is 2.97. The largest absolute Gasteiger partial charge is 0.0928 e. The fourth-order valence-corrected chi connectivity index (χ4v) is 2.37. The number of hydrogen-bond acceptors (Lipinski definition) is 0. The van der Waals surface area contributed by atoms with Gasteiger partial charge in [-0.2, -0.15) is 0 Å². The van der Waals surface area contributed by atoms with Crippen LogP contribution < -0.4 is 0 Å². The summed E-state index contributed by atoms with van der Waals surface area (Å²) in [5.41, 5.74) is 5.44. The van der Waals surface area contributed by atoms with Crippen LogP contribution in [0.1, 0.15) is 17.5 Å². The van der Waals surface area contributed by atoms with Crippen molar-refractivity contribution in [2.24, 2.45) is 0 Å². The van der Waals surface area contributed by atoms with E-state index in [1.807, 2.05) is 0 Å². The van der Waals surface area contributed by atoms with Crippen LogP contribution in [-0.4, -0.2) is 5.33 Å². The van der Waals surface area contributed by atoms with Crippen molar-refractivity contribution in [3.63, 3.8) is 0 Å². The molecule has 2 aromatic rings. The average Bonchev–Trinajstić information content (AvgIpc) is 2.37. The minimum Gasteiger partial charge on any atom is -0.0928 e. The standard InChI is InChI=1S/C16H17Br/c1-13-12-14(6-5-11-17)9-10-16(13)15-7-3-2-4-8-15/h2-4,7-10,12H,5-6,11H2,1H3. The van der Waals surface area contributed by atoms with Gasteiger partial charge in [0, 0.05) is 5.33 Å². The Kier molecular flexibility index (Phi) is 4.38. The van der Waals surface area contributed by atoms with Gasteiger partial charge in [-0.15, -0.1) is 0 Å². The van der Waals surface area contributed by atoms with Crippen LogP contribution in [0.25, 0.3) is 11.1 Å². The van der Waals surface area contributed by atoms with Gasteiger partial charge >= 0.3 is 0 Å². The zero-order valence-electron chi connectivity index (χ0n) is 10.1. The summed E-state index contributed by atoms with van der Waals surface area (Å²) in [4.78, 5) is 0. The normalized spacial score (nSPS) is 10.5. The summed E-state index contributed by atoms with van der Waals surface area (Å²) in [5, 5.41) is 1.08. The predicted molar refractivity (Wildman–Crippen MR) is 78.7 cm³/mol. The van der Waals surface area contributed by atoms with Gasteiger partial charge < -0.3 is 0 Å². The smallest absolute Gasteiger partial charge is 0.00344 e. The zero-order valence-corrected chi connectivity index (χ0v) is 11.7. The maximum atomic E-state index is 3.48. The van der Waals surface area contributed by atoms with Crippen LogP contribution in [0.3, 0.4) is 0 Å². The molecule has 0 fully saturated rings. The van der Waals surface area contributed by atoms with Crippen LogP contribution in [0.4, 0.5) is 0 Å². The van der Waals surface area contributed by atoms with Crippen molar-refractivity contribution in [2.75, 3.05) is 5.33 Å². The van der Waals surface area contributed by atoms with Crippen molar-refractivity contribution in [1.29, 1.82) is 0 Å². The van der Waals surface area contributed by atoms with Gasteiger partial charge in [0.2, 0.25) is 0 Å². The highest BCUT2D eigenvalue weighted by Crippen LogP contribution is 2.24. The molecule has 0 N–H and O–H groups in total. The van der Waals surface area contributed by atoms with Gasteiger partial charge in [-0.05, 0) is 42.0 Å². The molecule has 0 unspecified atom stereocenters. The van der Waals surface area contributed by atoms with E-state index in [2.05, 4.69) is 71.4 Å². The Labute approximate surface area is 112 Å². The maximum Gasteiger partial charge on any atom is 0.00344 e. The molecular weight excluding hydrogens is 272 g/mol. The molecule has 0 atom stereocenters. The van der Waals surface area contributed by atoms with E-state index in [-0.39, 0.29) is 0 Å². The fraction of sp³-hybridized carbons (Fsp3) is 0.250.